The summed E-state index contributed by atoms with van der Waals surface area (Å²) in [6.45, 7) is 6.06. The quantitative estimate of drug-likeness (QED) is 0.769. The summed E-state index contributed by atoms with van der Waals surface area (Å²) in [6, 6.07) is 5.01. The summed E-state index contributed by atoms with van der Waals surface area (Å²) >= 11 is 3.36. The fraction of sp³-hybridized carbons (Fsp3) is 0.429. The van der Waals surface area contributed by atoms with E-state index in [-0.39, 0.29) is 5.82 Å². The minimum absolute atomic E-state index is 0.172. The van der Waals surface area contributed by atoms with Crippen molar-refractivity contribution in [3.63, 3.8) is 0 Å². The van der Waals surface area contributed by atoms with Gasteiger partial charge in [0.15, 0.2) is 0 Å². The molecule has 0 aromatic heterocycles. The monoisotopic (exact) mass is 299 g/mol. The first-order chi connectivity index (χ1) is 8.17. The van der Waals surface area contributed by atoms with Crippen LogP contribution in [0.1, 0.15) is 32.3 Å². The Bertz CT molecular complexity index is 388. The third-order valence-electron chi connectivity index (χ3n) is 2.55. The molecule has 1 rings (SSSR count). The van der Waals surface area contributed by atoms with Gasteiger partial charge < -0.3 is 5.32 Å². The van der Waals surface area contributed by atoms with E-state index in [1.54, 1.807) is 6.07 Å². The van der Waals surface area contributed by atoms with Gasteiger partial charge in [-0.25, -0.2) is 4.39 Å². The highest BCUT2D eigenvalue weighted by Gasteiger charge is 2.02. The Balaban J connectivity index is 2.78. The highest BCUT2D eigenvalue weighted by molar-refractivity contribution is 9.10. The fourth-order valence-corrected chi connectivity index (χ4v) is 1.93. The lowest BCUT2D eigenvalue weighted by Crippen LogP contribution is -2.17. The average Bonchev–Trinajstić information content (AvgIpc) is 2.32. The second kappa shape index (κ2) is 7.62. The second-order valence-electron chi connectivity index (χ2n) is 4.00. The molecule has 1 N–H and O–H groups in total. The molecule has 0 fully saturated rings. The standard InChI is InChI=1S/C14H19BrFN/c1-3-7-17-10-11(4-2)8-12-9-13(15)5-6-14(12)16/h5-6,8-9,17H,3-4,7,10H2,1-2H3. The molecule has 1 aromatic rings. The Morgan fingerprint density at radius 1 is 1.41 bits per heavy atom. The van der Waals surface area contributed by atoms with Crippen molar-refractivity contribution in [3.05, 3.63) is 39.6 Å². The van der Waals surface area contributed by atoms with Crippen LogP contribution in [0.25, 0.3) is 6.08 Å². The van der Waals surface area contributed by atoms with Crippen LogP contribution in [0, 0.1) is 5.82 Å². The van der Waals surface area contributed by atoms with Gasteiger partial charge >= 0.3 is 0 Å². The maximum Gasteiger partial charge on any atom is 0.130 e. The lowest BCUT2D eigenvalue weighted by molar-refractivity contribution is 0.624. The molecule has 0 saturated heterocycles. The summed E-state index contributed by atoms with van der Waals surface area (Å²) < 4.78 is 14.5. The van der Waals surface area contributed by atoms with E-state index in [1.165, 1.54) is 11.6 Å². The summed E-state index contributed by atoms with van der Waals surface area (Å²) in [5.41, 5.74) is 1.87. The number of hydrogen-bond donors (Lipinski definition) is 1. The molecule has 0 atom stereocenters. The third kappa shape index (κ3) is 5.00. The molecular formula is C14H19BrFN. The first-order valence-corrected chi connectivity index (χ1v) is 6.81. The van der Waals surface area contributed by atoms with Crippen LogP contribution < -0.4 is 5.32 Å². The van der Waals surface area contributed by atoms with Gasteiger partial charge in [0.05, 0.1) is 0 Å². The van der Waals surface area contributed by atoms with Crippen molar-refractivity contribution >= 4 is 22.0 Å². The van der Waals surface area contributed by atoms with Crippen molar-refractivity contribution in [3.8, 4) is 0 Å². The SMILES string of the molecule is CCCNCC(=Cc1cc(Br)ccc1F)CC. The second-order valence-corrected chi connectivity index (χ2v) is 4.91. The van der Waals surface area contributed by atoms with Gasteiger partial charge in [0.1, 0.15) is 5.82 Å². The molecule has 0 amide bonds. The number of benzene rings is 1. The predicted octanol–water partition coefficient (Wildman–Crippen LogP) is 4.38. The van der Waals surface area contributed by atoms with E-state index in [0.717, 1.165) is 30.4 Å². The Labute approximate surface area is 111 Å². The third-order valence-corrected chi connectivity index (χ3v) is 3.04. The van der Waals surface area contributed by atoms with Crippen molar-refractivity contribution in [2.75, 3.05) is 13.1 Å². The van der Waals surface area contributed by atoms with E-state index in [0.29, 0.717) is 5.56 Å². The molecule has 0 spiro atoms. The van der Waals surface area contributed by atoms with E-state index in [4.69, 9.17) is 0 Å². The highest BCUT2D eigenvalue weighted by atomic mass is 79.9. The molecule has 0 aliphatic heterocycles. The summed E-state index contributed by atoms with van der Waals surface area (Å²) in [6.07, 6.45) is 3.98. The van der Waals surface area contributed by atoms with Crippen LogP contribution in [0.2, 0.25) is 0 Å². The zero-order valence-electron chi connectivity index (χ0n) is 10.4. The molecule has 0 unspecified atom stereocenters. The van der Waals surface area contributed by atoms with Gasteiger partial charge in [0.25, 0.3) is 0 Å². The fourth-order valence-electron chi connectivity index (χ4n) is 1.55. The summed E-state index contributed by atoms with van der Waals surface area (Å²) in [7, 11) is 0. The first kappa shape index (κ1) is 14.4. The van der Waals surface area contributed by atoms with Crippen molar-refractivity contribution in [2.24, 2.45) is 0 Å². The molecule has 0 bridgehead atoms. The zero-order valence-corrected chi connectivity index (χ0v) is 12.0. The Morgan fingerprint density at radius 3 is 2.82 bits per heavy atom. The molecule has 0 aliphatic rings. The van der Waals surface area contributed by atoms with Crippen LogP contribution in [0.15, 0.2) is 28.2 Å². The number of hydrogen-bond acceptors (Lipinski definition) is 1. The van der Waals surface area contributed by atoms with Gasteiger partial charge in [0.2, 0.25) is 0 Å². The van der Waals surface area contributed by atoms with Crippen LogP contribution in [-0.2, 0) is 0 Å². The van der Waals surface area contributed by atoms with Crippen LogP contribution in [0.3, 0.4) is 0 Å². The van der Waals surface area contributed by atoms with Gasteiger partial charge in [-0.1, -0.05) is 41.4 Å². The minimum Gasteiger partial charge on any atom is -0.313 e. The van der Waals surface area contributed by atoms with Gasteiger partial charge in [-0.15, -0.1) is 0 Å². The Morgan fingerprint density at radius 2 is 2.18 bits per heavy atom. The molecule has 0 saturated carbocycles. The predicted molar refractivity (Wildman–Crippen MR) is 75.5 cm³/mol. The van der Waals surface area contributed by atoms with Crippen LogP contribution >= 0.6 is 15.9 Å². The van der Waals surface area contributed by atoms with E-state index in [9.17, 15) is 4.39 Å². The van der Waals surface area contributed by atoms with Gasteiger partial charge in [-0.2, -0.15) is 0 Å². The number of halogens is 2. The highest BCUT2D eigenvalue weighted by Crippen LogP contribution is 2.18. The van der Waals surface area contributed by atoms with Crippen molar-refractivity contribution in [2.45, 2.75) is 26.7 Å². The molecule has 1 aromatic carbocycles. The first-order valence-electron chi connectivity index (χ1n) is 6.02. The average molecular weight is 300 g/mol. The van der Waals surface area contributed by atoms with Crippen molar-refractivity contribution in [1.29, 1.82) is 0 Å². The molecule has 0 heterocycles. The van der Waals surface area contributed by atoms with Gasteiger partial charge in [0, 0.05) is 16.6 Å². The van der Waals surface area contributed by atoms with Crippen LogP contribution in [-0.4, -0.2) is 13.1 Å². The van der Waals surface area contributed by atoms with Crippen molar-refractivity contribution < 1.29 is 4.39 Å². The maximum atomic E-state index is 13.6. The summed E-state index contributed by atoms with van der Waals surface area (Å²) in [5.74, 6) is -0.172. The number of rotatable bonds is 6. The van der Waals surface area contributed by atoms with Gasteiger partial charge in [-0.05, 0) is 37.6 Å². The summed E-state index contributed by atoms with van der Waals surface area (Å²) in [4.78, 5) is 0. The lowest BCUT2D eigenvalue weighted by Gasteiger charge is -2.07. The minimum atomic E-state index is -0.172. The molecule has 0 aliphatic carbocycles. The van der Waals surface area contributed by atoms with E-state index in [2.05, 4.69) is 35.1 Å². The Hall–Kier alpha value is -0.670. The molecule has 17 heavy (non-hydrogen) atoms. The normalized spacial score (nSPS) is 11.9. The zero-order chi connectivity index (χ0) is 12.7. The smallest absolute Gasteiger partial charge is 0.130 e. The van der Waals surface area contributed by atoms with E-state index >= 15 is 0 Å². The maximum absolute atomic E-state index is 13.6. The summed E-state index contributed by atoms with van der Waals surface area (Å²) in [5, 5.41) is 3.34. The van der Waals surface area contributed by atoms with Gasteiger partial charge in [-0.3, -0.25) is 0 Å². The van der Waals surface area contributed by atoms with E-state index < -0.39 is 0 Å². The van der Waals surface area contributed by atoms with Crippen LogP contribution in [0.4, 0.5) is 4.39 Å². The van der Waals surface area contributed by atoms with E-state index in [1.807, 2.05) is 12.1 Å². The molecule has 94 valence electrons. The Kier molecular flexibility index (Phi) is 6.45. The molecule has 0 radical (unpaired) electrons. The number of nitrogens with one attached hydrogen (secondary N) is 1. The lowest BCUT2D eigenvalue weighted by atomic mass is 10.1. The molecule has 3 heteroatoms. The molecular weight excluding hydrogens is 281 g/mol. The largest absolute Gasteiger partial charge is 0.313 e. The molecule has 1 nitrogen and oxygen atoms in total. The topological polar surface area (TPSA) is 12.0 Å². The van der Waals surface area contributed by atoms with Crippen LogP contribution in [0.5, 0.6) is 0 Å². The van der Waals surface area contributed by atoms with Crippen molar-refractivity contribution in [1.82, 2.24) is 5.32 Å².